The van der Waals surface area contributed by atoms with Gasteiger partial charge >= 0.3 is 0 Å². The smallest absolute Gasteiger partial charge is 0.254 e. The molecule has 0 bridgehead atoms. The van der Waals surface area contributed by atoms with E-state index in [0.29, 0.717) is 30.3 Å². The van der Waals surface area contributed by atoms with Crippen molar-refractivity contribution in [2.75, 3.05) is 26.9 Å². The minimum atomic E-state index is -0.000918. The topological polar surface area (TPSA) is 57.2 Å². The van der Waals surface area contributed by atoms with Crippen LogP contribution in [0.4, 0.5) is 0 Å². The second-order valence-electron chi connectivity index (χ2n) is 7.95. The summed E-state index contributed by atoms with van der Waals surface area (Å²) in [6, 6.07) is 11.4. The van der Waals surface area contributed by atoms with Gasteiger partial charge in [0.2, 0.25) is 0 Å². The van der Waals surface area contributed by atoms with Gasteiger partial charge < -0.3 is 23.8 Å². The Kier molecular flexibility index (Phi) is 6.02. The van der Waals surface area contributed by atoms with Crippen molar-refractivity contribution in [3.63, 3.8) is 0 Å². The van der Waals surface area contributed by atoms with E-state index in [1.165, 1.54) is 0 Å². The van der Waals surface area contributed by atoms with Crippen molar-refractivity contribution in [2.45, 2.75) is 45.3 Å². The summed E-state index contributed by atoms with van der Waals surface area (Å²) in [6.07, 6.45) is 2.80. The van der Waals surface area contributed by atoms with Crippen LogP contribution in [0.15, 0.2) is 36.4 Å². The van der Waals surface area contributed by atoms with Crippen molar-refractivity contribution in [2.24, 2.45) is 0 Å². The Labute approximate surface area is 177 Å². The van der Waals surface area contributed by atoms with Crippen LogP contribution in [-0.4, -0.2) is 43.8 Å². The van der Waals surface area contributed by atoms with Crippen LogP contribution in [0.2, 0.25) is 0 Å². The number of hydrogen-bond donors (Lipinski definition) is 0. The van der Waals surface area contributed by atoms with E-state index in [-0.39, 0.29) is 18.1 Å². The number of fused-ring (bicyclic) bond motifs is 1. The molecule has 0 spiro atoms. The summed E-state index contributed by atoms with van der Waals surface area (Å²) in [7, 11) is 1.59. The molecule has 1 fully saturated rings. The zero-order valence-corrected chi connectivity index (χ0v) is 17.8. The number of likely N-dealkylation sites (tertiary alicyclic amines) is 1. The average molecular weight is 411 g/mol. The fourth-order valence-electron chi connectivity index (χ4n) is 4.06. The van der Waals surface area contributed by atoms with Crippen molar-refractivity contribution >= 4 is 5.91 Å². The Hall–Kier alpha value is -2.89. The zero-order valence-electron chi connectivity index (χ0n) is 17.8. The number of rotatable bonds is 5. The lowest BCUT2D eigenvalue weighted by molar-refractivity contribution is 0.0735. The Bertz CT molecular complexity index is 910. The van der Waals surface area contributed by atoms with E-state index in [9.17, 15) is 4.79 Å². The molecule has 30 heavy (non-hydrogen) atoms. The van der Waals surface area contributed by atoms with E-state index in [4.69, 9.17) is 18.9 Å². The van der Waals surface area contributed by atoms with Crippen molar-refractivity contribution in [1.29, 1.82) is 0 Å². The molecule has 6 nitrogen and oxygen atoms in total. The summed E-state index contributed by atoms with van der Waals surface area (Å²) in [5, 5.41) is 0. The van der Waals surface area contributed by atoms with Gasteiger partial charge in [0.05, 0.1) is 32.5 Å². The minimum Gasteiger partial charge on any atom is -0.493 e. The summed E-state index contributed by atoms with van der Waals surface area (Å²) in [6.45, 7) is 5.96. The summed E-state index contributed by atoms with van der Waals surface area (Å²) in [4.78, 5) is 15.3. The molecule has 0 aliphatic carbocycles. The molecule has 1 saturated heterocycles. The molecule has 1 atom stereocenters. The lowest BCUT2D eigenvalue weighted by Gasteiger charge is -2.26. The molecule has 0 N–H and O–H groups in total. The third-order valence-electron chi connectivity index (χ3n) is 5.44. The van der Waals surface area contributed by atoms with Crippen LogP contribution in [-0.2, 0) is 0 Å². The lowest BCUT2D eigenvalue weighted by atomic mass is 10.0. The molecule has 0 unspecified atom stereocenters. The summed E-state index contributed by atoms with van der Waals surface area (Å²) in [5.41, 5.74) is 1.68. The normalized spacial score (nSPS) is 18.3. The molecule has 4 rings (SSSR count). The number of carbonyl (C=O) groups excluding carboxylic acids is 1. The van der Waals surface area contributed by atoms with Crippen LogP contribution < -0.4 is 18.9 Å². The molecular weight excluding hydrogens is 382 g/mol. The van der Waals surface area contributed by atoms with Crippen LogP contribution in [0.5, 0.6) is 23.0 Å². The van der Waals surface area contributed by atoms with Gasteiger partial charge in [-0.25, -0.2) is 0 Å². The summed E-state index contributed by atoms with van der Waals surface area (Å²) in [5.74, 6) is 2.75. The highest BCUT2D eigenvalue weighted by Crippen LogP contribution is 2.39. The third-order valence-corrected chi connectivity index (χ3v) is 5.44. The van der Waals surface area contributed by atoms with Crippen LogP contribution in [0.25, 0.3) is 0 Å². The number of methoxy groups -OCH3 is 1. The van der Waals surface area contributed by atoms with Crippen molar-refractivity contribution in [3.8, 4) is 23.0 Å². The molecule has 0 aromatic heterocycles. The average Bonchev–Trinajstić information content (AvgIpc) is 3.11. The maximum atomic E-state index is 13.3. The molecule has 160 valence electrons. The first-order valence-corrected chi connectivity index (χ1v) is 10.6. The van der Waals surface area contributed by atoms with Gasteiger partial charge in [0.15, 0.2) is 23.0 Å². The van der Waals surface area contributed by atoms with Crippen LogP contribution in [0.1, 0.15) is 55.1 Å². The van der Waals surface area contributed by atoms with E-state index in [0.717, 1.165) is 42.9 Å². The van der Waals surface area contributed by atoms with Crippen LogP contribution in [0, 0.1) is 0 Å². The van der Waals surface area contributed by atoms with Gasteiger partial charge in [-0.2, -0.15) is 0 Å². The van der Waals surface area contributed by atoms with Gasteiger partial charge in [0.25, 0.3) is 5.91 Å². The van der Waals surface area contributed by atoms with Crippen LogP contribution >= 0.6 is 0 Å². The molecule has 2 aromatic carbocycles. The van der Waals surface area contributed by atoms with E-state index in [1.54, 1.807) is 13.2 Å². The lowest BCUT2D eigenvalue weighted by Crippen LogP contribution is -2.30. The third kappa shape index (κ3) is 4.18. The molecule has 2 aliphatic heterocycles. The quantitative estimate of drug-likeness (QED) is 0.719. The highest BCUT2D eigenvalue weighted by Gasteiger charge is 2.32. The Balaban J connectivity index is 1.58. The number of ether oxygens (including phenoxy) is 4. The summed E-state index contributed by atoms with van der Waals surface area (Å²) < 4.78 is 22.8. The van der Waals surface area contributed by atoms with E-state index < -0.39 is 0 Å². The first-order chi connectivity index (χ1) is 14.6. The van der Waals surface area contributed by atoms with Crippen molar-refractivity contribution in [1.82, 2.24) is 4.90 Å². The zero-order chi connectivity index (χ0) is 21.1. The first-order valence-electron chi connectivity index (χ1n) is 10.6. The highest BCUT2D eigenvalue weighted by molar-refractivity contribution is 5.95. The van der Waals surface area contributed by atoms with E-state index in [2.05, 4.69) is 0 Å². The predicted octanol–water partition coefficient (Wildman–Crippen LogP) is 4.62. The Morgan fingerprint density at radius 3 is 2.60 bits per heavy atom. The monoisotopic (exact) mass is 411 g/mol. The van der Waals surface area contributed by atoms with Gasteiger partial charge in [0.1, 0.15) is 0 Å². The van der Waals surface area contributed by atoms with Crippen molar-refractivity contribution < 1.29 is 23.7 Å². The number of benzene rings is 2. The molecule has 6 heteroatoms. The highest BCUT2D eigenvalue weighted by atomic mass is 16.5. The second kappa shape index (κ2) is 8.86. The van der Waals surface area contributed by atoms with Crippen molar-refractivity contribution in [3.05, 3.63) is 47.5 Å². The molecule has 2 aliphatic rings. The Morgan fingerprint density at radius 1 is 1.03 bits per heavy atom. The maximum absolute atomic E-state index is 13.3. The number of nitrogens with zero attached hydrogens (tertiary/aromatic N) is 1. The first kappa shape index (κ1) is 20.4. The molecule has 1 amide bonds. The Morgan fingerprint density at radius 2 is 1.83 bits per heavy atom. The largest absolute Gasteiger partial charge is 0.493 e. The molecule has 2 aromatic rings. The minimum absolute atomic E-state index is 0.000918. The molecular formula is C24H29NO5. The van der Waals surface area contributed by atoms with Gasteiger partial charge in [0, 0.05) is 18.5 Å². The van der Waals surface area contributed by atoms with Gasteiger partial charge in [-0.1, -0.05) is 6.07 Å². The second-order valence-corrected chi connectivity index (χ2v) is 7.95. The van der Waals surface area contributed by atoms with Gasteiger partial charge in [-0.3, -0.25) is 4.79 Å². The number of amides is 1. The SMILES string of the molecule is COc1cc(C(=O)N2CCC[C@@H]2c2ccc3c(c2)OCCCO3)ccc1OC(C)C. The van der Waals surface area contributed by atoms with E-state index in [1.807, 2.05) is 49.1 Å². The maximum Gasteiger partial charge on any atom is 0.254 e. The number of hydrogen-bond acceptors (Lipinski definition) is 5. The van der Waals surface area contributed by atoms with Gasteiger partial charge in [-0.05, 0) is 62.6 Å². The van der Waals surface area contributed by atoms with Crippen LogP contribution in [0.3, 0.4) is 0 Å². The van der Waals surface area contributed by atoms with Gasteiger partial charge in [-0.15, -0.1) is 0 Å². The molecule has 0 radical (unpaired) electrons. The van der Waals surface area contributed by atoms with E-state index >= 15 is 0 Å². The molecule has 2 heterocycles. The summed E-state index contributed by atoms with van der Waals surface area (Å²) >= 11 is 0. The number of carbonyl (C=O) groups is 1. The standard InChI is InChI=1S/C24H29NO5/c1-16(2)30-21-10-8-18(15-22(21)27-3)24(26)25-11-4-6-19(25)17-7-9-20-23(14-17)29-13-5-12-28-20/h7-10,14-16,19H,4-6,11-13H2,1-3H3/t19-/m1/s1. The predicted molar refractivity (Wildman–Crippen MR) is 114 cm³/mol. The fourth-order valence-corrected chi connectivity index (χ4v) is 4.06. The molecule has 0 saturated carbocycles. The fraction of sp³-hybridized carbons (Fsp3) is 0.458.